The molecule has 3 atom stereocenters. The smallest absolute Gasteiger partial charge is 0.255 e. The molecule has 1 aliphatic carbocycles. The average molecular weight is 528 g/mol. The van der Waals surface area contributed by atoms with E-state index in [4.69, 9.17) is 9.47 Å². The molecule has 0 spiro atoms. The number of carbonyl (C=O) groups is 2. The van der Waals surface area contributed by atoms with Gasteiger partial charge < -0.3 is 34.9 Å². The first kappa shape index (κ1) is 25.9. The van der Waals surface area contributed by atoms with E-state index in [2.05, 4.69) is 20.3 Å². The van der Waals surface area contributed by atoms with Crippen LogP contribution >= 0.6 is 0 Å². The largest absolute Gasteiger partial charge is 0.494 e. The van der Waals surface area contributed by atoms with E-state index in [9.17, 15) is 24.2 Å². The van der Waals surface area contributed by atoms with E-state index in [1.165, 1.54) is 37.4 Å². The number of nitrogens with zero attached hydrogens (tertiary/aromatic N) is 3. The highest BCUT2D eigenvalue weighted by molar-refractivity contribution is 6.09. The maximum absolute atomic E-state index is 14.8. The molecule has 5 rings (SSSR count). The maximum atomic E-state index is 14.8. The number of hydrogen-bond acceptors (Lipinski definition) is 8. The molecule has 2 amide bonds. The van der Waals surface area contributed by atoms with Crippen molar-refractivity contribution in [2.75, 3.05) is 26.8 Å². The van der Waals surface area contributed by atoms with Crippen LogP contribution in [0.2, 0.25) is 0 Å². The highest BCUT2D eigenvalue weighted by Gasteiger charge is 2.37. The Labute approximate surface area is 218 Å². The van der Waals surface area contributed by atoms with Crippen molar-refractivity contribution in [3.05, 3.63) is 35.5 Å². The van der Waals surface area contributed by atoms with Crippen LogP contribution in [0.25, 0.3) is 22.3 Å². The Morgan fingerprint density at radius 2 is 2.03 bits per heavy atom. The van der Waals surface area contributed by atoms with Gasteiger partial charge in [0.05, 0.1) is 36.9 Å². The molecule has 11 nitrogen and oxygen atoms in total. The number of fused-ring (bicyclic) bond motifs is 1. The molecule has 2 aliphatic rings. The monoisotopic (exact) mass is 527 g/mol. The van der Waals surface area contributed by atoms with Gasteiger partial charge in [0.1, 0.15) is 29.4 Å². The van der Waals surface area contributed by atoms with Gasteiger partial charge in [0.25, 0.3) is 11.8 Å². The molecular weight excluding hydrogens is 497 g/mol. The zero-order valence-electron chi connectivity index (χ0n) is 21.3. The van der Waals surface area contributed by atoms with Crippen LogP contribution in [0.4, 0.5) is 4.39 Å². The van der Waals surface area contributed by atoms with Crippen LogP contribution in [-0.4, -0.2) is 86.9 Å². The molecule has 202 valence electrons. The molecule has 3 heterocycles. The number of aliphatic hydroxyl groups is 2. The minimum Gasteiger partial charge on any atom is -0.494 e. The number of carbonyl (C=O) groups excluding carboxylic acids is 2. The van der Waals surface area contributed by atoms with Gasteiger partial charge in [-0.25, -0.2) is 14.4 Å². The number of H-pyrrole nitrogens is 1. The number of likely N-dealkylation sites (tertiary alicyclic amines) is 1. The highest BCUT2D eigenvalue weighted by Crippen LogP contribution is 2.39. The van der Waals surface area contributed by atoms with E-state index in [0.29, 0.717) is 46.3 Å². The quantitative estimate of drug-likeness (QED) is 0.345. The summed E-state index contributed by atoms with van der Waals surface area (Å²) in [6.07, 6.45) is 1.26. The number of aryl methyl sites for hydroxylation is 1. The lowest BCUT2D eigenvalue weighted by Gasteiger charge is -2.18. The maximum Gasteiger partial charge on any atom is 0.255 e. The number of aromatic amines is 1. The number of methoxy groups -OCH3 is 1. The van der Waals surface area contributed by atoms with E-state index in [1.54, 1.807) is 6.92 Å². The van der Waals surface area contributed by atoms with Crippen molar-refractivity contribution >= 4 is 22.8 Å². The van der Waals surface area contributed by atoms with E-state index >= 15 is 0 Å². The topological polar surface area (TPSA) is 150 Å². The molecule has 2 aromatic heterocycles. The number of benzene rings is 1. The standard InChI is InChI=1S/C26H30FN5O6/c1-12-21(25(35)31-17-8-32(9-18(17)34)26(36)13(2)33)23-24(30-12)22(28-11-29-23)15-6-16(27)20(37-3)7-19(15)38-10-14-4-5-14/h6-7,11,13-14,17-18,30,33-34H,4-5,8-10H2,1-3H3,(H,31,35)/t13-,17+,18-/m0/s1. The minimum atomic E-state index is -1.21. The molecule has 0 radical (unpaired) electrons. The number of ether oxygens (including phenoxy) is 2. The summed E-state index contributed by atoms with van der Waals surface area (Å²) in [6.45, 7) is 3.61. The second-order valence-electron chi connectivity index (χ2n) is 9.87. The van der Waals surface area contributed by atoms with Gasteiger partial charge >= 0.3 is 0 Å². The zero-order valence-corrected chi connectivity index (χ0v) is 21.3. The van der Waals surface area contributed by atoms with Crippen molar-refractivity contribution in [1.82, 2.24) is 25.2 Å². The van der Waals surface area contributed by atoms with Crippen LogP contribution in [0.1, 0.15) is 35.8 Å². The second-order valence-corrected chi connectivity index (χ2v) is 9.87. The van der Waals surface area contributed by atoms with Gasteiger partial charge in [0.15, 0.2) is 11.6 Å². The minimum absolute atomic E-state index is 0.000528. The fraction of sp³-hybridized carbons (Fsp3) is 0.462. The lowest BCUT2D eigenvalue weighted by molar-refractivity contribution is -0.138. The number of β-amino-alcohol motifs (C(OH)–C–C–N with tert-alkyl or cyclic N) is 1. The number of amides is 2. The van der Waals surface area contributed by atoms with Crippen molar-refractivity contribution in [2.24, 2.45) is 5.92 Å². The van der Waals surface area contributed by atoms with Crippen LogP contribution in [0.15, 0.2) is 18.5 Å². The second kappa shape index (κ2) is 10.2. The Kier molecular flexibility index (Phi) is 6.93. The molecule has 1 aromatic carbocycles. The third-order valence-electron chi connectivity index (χ3n) is 6.95. The summed E-state index contributed by atoms with van der Waals surface area (Å²) < 4.78 is 25.9. The van der Waals surface area contributed by atoms with Crippen LogP contribution in [0.5, 0.6) is 11.5 Å². The Morgan fingerprint density at radius 3 is 2.71 bits per heavy atom. The Balaban J connectivity index is 1.47. The molecule has 1 saturated carbocycles. The molecule has 1 saturated heterocycles. The summed E-state index contributed by atoms with van der Waals surface area (Å²) in [7, 11) is 1.38. The first-order chi connectivity index (χ1) is 18.2. The highest BCUT2D eigenvalue weighted by atomic mass is 19.1. The summed E-state index contributed by atoms with van der Waals surface area (Å²) in [5, 5.41) is 22.8. The van der Waals surface area contributed by atoms with E-state index in [1.807, 2.05) is 0 Å². The van der Waals surface area contributed by atoms with Gasteiger partial charge in [-0.3, -0.25) is 9.59 Å². The van der Waals surface area contributed by atoms with E-state index in [-0.39, 0.29) is 24.4 Å². The Hall–Kier alpha value is -3.77. The van der Waals surface area contributed by atoms with Crippen LogP contribution < -0.4 is 14.8 Å². The first-order valence-corrected chi connectivity index (χ1v) is 12.5. The summed E-state index contributed by atoms with van der Waals surface area (Å²) in [6, 6.07) is 2.06. The molecule has 0 unspecified atom stereocenters. The van der Waals surface area contributed by atoms with Crippen molar-refractivity contribution in [1.29, 1.82) is 0 Å². The van der Waals surface area contributed by atoms with Crippen molar-refractivity contribution in [3.63, 3.8) is 0 Å². The Bertz CT molecular complexity index is 1390. The molecule has 3 aromatic rings. The molecule has 12 heteroatoms. The van der Waals surface area contributed by atoms with Gasteiger partial charge in [0, 0.05) is 30.4 Å². The average Bonchev–Trinajstić information content (AvgIpc) is 3.55. The lowest BCUT2D eigenvalue weighted by Crippen LogP contribution is -2.43. The molecule has 4 N–H and O–H groups in total. The van der Waals surface area contributed by atoms with Gasteiger partial charge in [-0.2, -0.15) is 0 Å². The molecular formula is C26H30FN5O6. The molecule has 2 fully saturated rings. The van der Waals surface area contributed by atoms with Crippen LogP contribution in [0, 0.1) is 18.7 Å². The normalized spacial score (nSPS) is 20.0. The fourth-order valence-electron chi connectivity index (χ4n) is 4.70. The van der Waals surface area contributed by atoms with Gasteiger partial charge in [-0.1, -0.05) is 0 Å². The first-order valence-electron chi connectivity index (χ1n) is 12.5. The van der Waals surface area contributed by atoms with Crippen molar-refractivity contribution in [3.8, 4) is 22.8 Å². The summed E-state index contributed by atoms with van der Waals surface area (Å²) >= 11 is 0. The predicted molar refractivity (Wildman–Crippen MR) is 134 cm³/mol. The van der Waals surface area contributed by atoms with E-state index in [0.717, 1.165) is 12.8 Å². The number of rotatable bonds is 8. The van der Waals surface area contributed by atoms with Gasteiger partial charge in [-0.05, 0) is 38.7 Å². The van der Waals surface area contributed by atoms with Crippen molar-refractivity contribution < 1.29 is 33.7 Å². The third-order valence-corrected chi connectivity index (χ3v) is 6.95. The van der Waals surface area contributed by atoms with Crippen LogP contribution in [-0.2, 0) is 4.79 Å². The number of halogens is 1. The van der Waals surface area contributed by atoms with Gasteiger partial charge in [0.2, 0.25) is 0 Å². The number of aliphatic hydroxyl groups excluding tert-OH is 2. The summed E-state index contributed by atoms with van der Waals surface area (Å²) in [5.41, 5.74) is 2.23. The number of nitrogens with one attached hydrogen (secondary N) is 2. The third kappa shape index (κ3) is 4.88. The molecule has 38 heavy (non-hydrogen) atoms. The summed E-state index contributed by atoms with van der Waals surface area (Å²) in [4.78, 5) is 38.6. The van der Waals surface area contributed by atoms with E-state index < -0.39 is 35.9 Å². The zero-order chi connectivity index (χ0) is 27.1. The SMILES string of the molecule is COc1cc(OCC2CC2)c(-c2ncnc3c(C(=O)N[C@@H]4CN(C(=O)[C@H](C)O)C[C@@H]4O)c(C)[nH]c23)cc1F. The molecule has 1 aliphatic heterocycles. The fourth-order valence-corrected chi connectivity index (χ4v) is 4.70. The van der Waals surface area contributed by atoms with Crippen LogP contribution in [0.3, 0.4) is 0 Å². The summed E-state index contributed by atoms with van der Waals surface area (Å²) in [5.74, 6) is -0.685. The number of hydrogen-bond donors (Lipinski definition) is 4. The van der Waals surface area contributed by atoms with Gasteiger partial charge in [-0.15, -0.1) is 0 Å². The lowest BCUT2D eigenvalue weighted by atomic mass is 10.1. The number of aromatic nitrogens is 3. The Morgan fingerprint density at radius 1 is 1.26 bits per heavy atom. The predicted octanol–water partition coefficient (Wildman–Crippen LogP) is 1.55. The molecule has 0 bridgehead atoms. The van der Waals surface area contributed by atoms with Crippen molar-refractivity contribution in [2.45, 2.75) is 44.9 Å².